The van der Waals surface area contributed by atoms with E-state index in [9.17, 15) is 10.1 Å². The molecule has 2 rings (SSSR count). The number of carbonyl (C=O) groups excluding carboxylic acids is 1. The lowest BCUT2D eigenvalue weighted by Gasteiger charge is -2.35. The van der Waals surface area contributed by atoms with E-state index in [0.717, 1.165) is 38.5 Å². The van der Waals surface area contributed by atoms with Gasteiger partial charge < -0.3 is 10.1 Å². The van der Waals surface area contributed by atoms with E-state index in [1.54, 1.807) is 14.0 Å². The first kappa shape index (κ1) is 21.2. The van der Waals surface area contributed by atoms with E-state index in [0.29, 0.717) is 6.54 Å². The van der Waals surface area contributed by atoms with Crippen LogP contribution in [-0.2, 0) is 11.3 Å². The third-order valence-corrected chi connectivity index (χ3v) is 5.45. The van der Waals surface area contributed by atoms with Crippen LogP contribution >= 0.6 is 0 Å². The maximum absolute atomic E-state index is 12.3. The number of carbonyl (C=O) groups is 1. The monoisotopic (exact) mass is 372 g/mol. The van der Waals surface area contributed by atoms with Gasteiger partial charge in [-0.1, -0.05) is 31.5 Å². The van der Waals surface area contributed by atoms with Crippen molar-refractivity contribution < 1.29 is 9.53 Å². The second kappa shape index (κ2) is 9.20. The molecule has 27 heavy (non-hydrogen) atoms. The summed E-state index contributed by atoms with van der Waals surface area (Å²) in [4.78, 5) is 16.9. The van der Waals surface area contributed by atoms with Crippen LogP contribution in [0.5, 0.6) is 5.75 Å². The van der Waals surface area contributed by atoms with Gasteiger partial charge in [-0.25, -0.2) is 0 Å². The zero-order valence-electron chi connectivity index (χ0n) is 17.2. The normalized spacial score (nSPS) is 18.0. The van der Waals surface area contributed by atoms with Gasteiger partial charge in [0.2, 0.25) is 5.91 Å². The molecule has 1 aromatic rings. The van der Waals surface area contributed by atoms with Gasteiger partial charge in [0, 0.05) is 38.3 Å². The number of piperazine rings is 1. The van der Waals surface area contributed by atoms with Crippen LogP contribution in [0.3, 0.4) is 0 Å². The molecule has 6 nitrogen and oxygen atoms in total. The Hall–Kier alpha value is -2.10. The number of rotatable bonds is 7. The Balaban J connectivity index is 1.85. The van der Waals surface area contributed by atoms with Gasteiger partial charge in [-0.3, -0.25) is 14.6 Å². The van der Waals surface area contributed by atoms with Gasteiger partial charge in [0.25, 0.3) is 0 Å². The first-order valence-electron chi connectivity index (χ1n) is 9.58. The van der Waals surface area contributed by atoms with Crippen molar-refractivity contribution in [3.63, 3.8) is 0 Å². The topological polar surface area (TPSA) is 68.6 Å². The molecule has 6 heteroatoms. The largest absolute Gasteiger partial charge is 0.496 e. The number of aryl methyl sites for hydroxylation is 1. The van der Waals surface area contributed by atoms with Gasteiger partial charge in [0.15, 0.2) is 0 Å². The highest BCUT2D eigenvalue weighted by Crippen LogP contribution is 2.22. The smallest absolute Gasteiger partial charge is 0.235 e. The number of nitrogens with zero attached hydrogens (tertiary/aromatic N) is 3. The predicted molar refractivity (Wildman–Crippen MR) is 106 cm³/mol. The molecule has 1 aliphatic rings. The van der Waals surface area contributed by atoms with Crippen molar-refractivity contribution in [2.75, 3.05) is 39.8 Å². The molecule has 0 saturated carbocycles. The molecular formula is C21H32N4O2. The van der Waals surface area contributed by atoms with E-state index >= 15 is 0 Å². The molecule has 0 radical (unpaired) electrons. The minimum Gasteiger partial charge on any atom is -0.496 e. The molecule has 0 aliphatic carbocycles. The highest BCUT2D eigenvalue weighted by molar-refractivity contribution is 5.79. The number of amides is 1. The quantitative estimate of drug-likeness (QED) is 0.794. The van der Waals surface area contributed by atoms with Crippen LogP contribution in [0.2, 0.25) is 0 Å². The SMILES string of the molecule is COc1ccc(C)cc1CN1CCN(CC(=O)N[C@@](C)(C#N)C(C)C)CC1. The number of methoxy groups -OCH3 is 1. The fraction of sp³-hybridized carbons (Fsp3) is 0.619. The Labute approximate surface area is 163 Å². The first-order valence-corrected chi connectivity index (χ1v) is 9.58. The van der Waals surface area contributed by atoms with E-state index in [1.165, 1.54) is 11.1 Å². The lowest BCUT2D eigenvalue weighted by molar-refractivity contribution is -0.124. The lowest BCUT2D eigenvalue weighted by atomic mass is 9.90. The minimum atomic E-state index is -0.819. The molecule has 1 amide bonds. The molecule has 1 heterocycles. The zero-order chi connectivity index (χ0) is 20.0. The van der Waals surface area contributed by atoms with Crippen LogP contribution in [0, 0.1) is 24.2 Å². The average Bonchev–Trinajstić information content (AvgIpc) is 2.63. The van der Waals surface area contributed by atoms with E-state index in [2.05, 4.69) is 40.2 Å². The number of hydrogen-bond donors (Lipinski definition) is 1. The van der Waals surface area contributed by atoms with Crippen molar-refractivity contribution >= 4 is 5.91 Å². The summed E-state index contributed by atoms with van der Waals surface area (Å²) in [5.41, 5.74) is 1.61. The minimum absolute atomic E-state index is 0.0626. The van der Waals surface area contributed by atoms with E-state index in [-0.39, 0.29) is 11.8 Å². The molecule has 1 atom stereocenters. The molecule has 148 valence electrons. The van der Waals surface area contributed by atoms with E-state index in [1.807, 2.05) is 19.9 Å². The average molecular weight is 373 g/mol. The number of nitrogens with one attached hydrogen (secondary N) is 1. The van der Waals surface area contributed by atoms with Gasteiger partial charge in [-0.15, -0.1) is 0 Å². The van der Waals surface area contributed by atoms with Crippen molar-refractivity contribution in [1.82, 2.24) is 15.1 Å². The molecule has 0 aromatic heterocycles. The summed E-state index contributed by atoms with van der Waals surface area (Å²) in [6.07, 6.45) is 0. The fourth-order valence-corrected chi connectivity index (χ4v) is 3.21. The van der Waals surface area contributed by atoms with Gasteiger partial charge >= 0.3 is 0 Å². The Morgan fingerprint density at radius 2 is 1.93 bits per heavy atom. The Morgan fingerprint density at radius 3 is 2.48 bits per heavy atom. The van der Waals surface area contributed by atoms with E-state index in [4.69, 9.17) is 4.74 Å². The number of ether oxygens (including phenoxy) is 1. The molecule has 1 fully saturated rings. The van der Waals surface area contributed by atoms with Crippen LogP contribution < -0.4 is 10.1 Å². The van der Waals surface area contributed by atoms with Gasteiger partial charge in [-0.2, -0.15) is 5.26 Å². The van der Waals surface area contributed by atoms with Crippen LogP contribution in [0.25, 0.3) is 0 Å². The second-order valence-electron chi connectivity index (χ2n) is 7.88. The fourth-order valence-electron chi connectivity index (χ4n) is 3.21. The van der Waals surface area contributed by atoms with Gasteiger partial charge in [0.05, 0.1) is 19.7 Å². The standard InChI is InChI=1S/C21H32N4O2/c1-16(2)21(4,15-22)23-20(26)14-25-10-8-24(9-11-25)13-18-12-17(3)6-7-19(18)27-5/h6-7,12,16H,8-11,13-14H2,1-5H3,(H,23,26)/t21-/m0/s1. The maximum Gasteiger partial charge on any atom is 0.235 e. The summed E-state index contributed by atoms with van der Waals surface area (Å²) in [7, 11) is 1.71. The van der Waals surface area contributed by atoms with Gasteiger partial charge in [0.1, 0.15) is 11.3 Å². The molecule has 1 saturated heterocycles. The van der Waals surface area contributed by atoms with Crippen LogP contribution in [0.1, 0.15) is 31.9 Å². The molecule has 0 spiro atoms. The highest BCUT2D eigenvalue weighted by Gasteiger charge is 2.30. The second-order valence-corrected chi connectivity index (χ2v) is 7.88. The lowest BCUT2D eigenvalue weighted by Crippen LogP contribution is -2.54. The summed E-state index contributed by atoms with van der Waals surface area (Å²) in [6, 6.07) is 8.48. The highest BCUT2D eigenvalue weighted by atomic mass is 16.5. The van der Waals surface area contributed by atoms with Crippen LogP contribution in [0.15, 0.2) is 18.2 Å². The van der Waals surface area contributed by atoms with Crippen molar-refractivity contribution in [2.24, 2.45) is 5.92 Å². The van der Waals surface area contributed by atoms with Crippen molar-refractivity contribution in [1.29, 1.82) is 5.26 Å². The van der Waals surface area contributed by atoms with Crippen molar-refractivity contribution in [3.05, 3.63) is 29.3 Å². The molecule has 0 unspecified atom stereocenters. The van der Waals surface area contributed by atoms with Crippen molar-refractivity contribution in [3.8, 4) is 11.8 Å². The summed E-state index contributed by atoms with van der Waals surface area (Å²) < 4.78 is 5.48. The Kier molecular flexibility index (Phi) is 7.23. The number of benzene rings is 1. The molecule has 1 aliphatic heterocycles. The first-order chi connectivity index (χ1) is 12.8. The van der Waals surface area contributed by atoms with Crippen molar-refractivity contribution in [2.45, 2.75) is 39.8 Å². The summed E-state index contributed by atoms with van der Waals surface area (Å²) in [5.74, 6) is 0.904. The Morgan fingerprint density at radius 1 is 1.30 bits per heavy atom. The summed E-state index contributed by atoms with van der Waals surface area (Å²) in [6.45, 7) is 12.4. The van der Waals surface area contributed by atoms with Crippen LogP contribution in [0.4, 0.5) is 0 Å². The Bertz CT molecular complexity index is 690. The third kappa shape index (κ3) is 5.69. The number of nitriles is 1. The third-order valence-electron chi connectivity index (χ3n) is 5.45. The maximum atomic E-state index is 12.3. The summed E-state index contributed by atoms with van der Waals surface area (Å²) in [5, 5.41) is 12.2. The zero-order valence-corrected chi connectivity index (χ0v) is 17.2. The predicted octanol–water partition coefficient (Wildman–Crippen LogP) is 2.18. The molecular weight excluding hydrogens is 340 g/mol. The molecule has 1 aromatic carbocycles. The van der Waals surface area contributed by atoms with E-state index < -0.39 is 5.54 Å². The summed E-state index contributed by atoms with van der Waals surface area (Å²) >= 11 is 0. The number of hydrogen-bond acceptors (Lipinski definition) is 5. The molecule has 1 N–H and O–H groups in total. The van der Waals surface area contributed by atoms with Crippen LogP contribution in [-0.4, -0.2) is 61.1 Å². The molecule has 0 bridgehead atoms. The van der Waals surface area contributed by atoms with Gasteiger partial charge in [-0.05, 0) is 25.8 Å².